The van der Waals surface area contributed by atoms with Crippen molar-refractivity contribution in [1.82, 2.24) is 20.4 Å². The molecule has 652 valence electrons. The van der Waals surface area contributed by atoms with Crippen LogP contribution in [0.25, 0.3) is 0 Å². The molecule has 0 saturated heterocycles. The molecule has 8 aromatic rings. The SMILES string of the molecule is C=CCN(CC(=O)O)C(=O)CCc1ccc(C(=O)Oc2ccc(C(=N)N)cc2)o1.CC(Cc1ccc(C(=O)Oc2ccc(C(=N)N)cc2)o1)C(=O)N[C@@H](CS(=O)(=O)O)C(=O)O.Cc1cc(C(=N)N)ccc1OC(=O)c1ccc(CCC(=O)N[C@@H](CC(=O)O)C(=O)O)o1.N=C(N)c1ccc(OC(=O)c2ccc(CCC(=O)N(CCC(=O)O)CC(=O)O)o2)cc1. The molecule has 0 aliphatic heterocycles. The second kappa shape index (κ2) is 46.9. The fourth-order valence-corrected chi connectivity index (χ4v) is 10.8. The average Bonchev–Trinajstić information content (AvgIpc) is 1.83. The zero-order chi connectivity index (χ0) is 91.5. The van der Waals surface area contributed by atoms with Gasteiger partial charge in [0.25, 0.3) is 10.1 Å². The lowest BCUT2D eigenvalue weighted by Gasteiger charge is -2.19. The normalized spacial score (nSPS) is 11.3. The fourth-order valence-electron chi connectivity index (χ4n) is 10.1. The Morgan fingerprint density at radius 3 is 1.19 bits per heavy atom. The van der Waals surface area contributed by atoms with Gasteiger partial charge in [-0.25, -0.2) is 28.8 Å². The first kappa shape index (κ1) is 97.7. The highest BCUT2D eigenvalue weighted by Gasteiger charge is 2.30. The molecule has 0 fully saturated rings. The molecule has 0 bridgehead atoms. The molecule has 0 saturated carbocycles. The summed E-state index contributed by atoms with van der Waals surface area (Å²) in [6, 6.07) is 30.8. The number of nitrogens with zero attached hydrogens (tertiary/aromatic N) is 2. The number of carboxylic acid groups (broad SMARTS) is 6. The molecule has 4 aromatic carbocycles. The van der Waals surface area contributed by atoms with Crippen LogP contribution in [0.4, 0.5) is 0 Å². The van der Waals surface area contributed by atoms with E-state index < -0.39 is 131 Å². The Hall–Kier alpha value is -15.9. The number of rotatable bonds is 41. The lowest BCUT2D eigenvalue weighted by atomic mass is 10.1. The number of ether oxygens (including phenoxy) is 4. The summed E-state index contributed by atoms with van der Waals surface area (Å²) >= 11 is 0. The Kier molecular flexibility index (Phi) is 37.2. The van der Waals surface area contributed by atoms with E-state index in [0.29, 0.717) is 39.3 Å². The number of carbonyl (C=O) groups excluding carboxylic acids is 8. The molecular weight excluding hydrogens is 1640 g/mol. The molecule has 4 heterocycles. The van der Waals surface area contributed by atoms with E-state index in [1.165, 1.54) is 122 Å². The zero-order valence-electron chi connectivity index (χ0n) is 65.2. The number of carbonyl (C=O) groups is 14. The standard InChI is InChI=1S/2C20H21N3O8.C20H21N3O6.C19H21N3O9S/c1-10-8-11(18(21)22)2-5-14(10)31-20(29)15-6-3-12(30-15)4-7-16(24)23-13(19(27)28)9-17(25)26;21-19(22)12-1-3-14(4-2-12)31-20(29)15-7-5-13(30-15)6-8-16(24)23(11-18(27)28)10-9-17(25)26;1-2-11-23(12-18(25)26)17(24)10-8-14-7-9-16(28-14)20(27)29-15-5-3-13(4-6-15)19(21)22;1-10(17(23)22-14(18(24)25)9-32(27,28)29)8-13-6-7-15(30-13)19(26)31-12-4-2-11(3-5-12)16(20)21/h2-3,5-6,8,13H,4,7,9H2,1H3,(H3,21,22)(H,23,24)(H,25,26)(H,27,28);1-5,7H,6,8-11H2,(H3,21,22)(H,25,26)(H,27,28);2-7,9H,1,8,10-12H2,(H3,21,22)(H,25,26);2-7,10,14H,8-9H2,1H3,(H3,20,21)(H,22,23)(H,24,25)(H,27,28,29)/t13-;;;10?,14-/m0..0/s1. The summed E-state index contributed by atoms with van der Waals surface area (Å²) in [5, 5.41) is 86.6. The second-order valence-electron chi connectivity index (χ2n) is 25.9. The van der Waals surface area contributed by atoms with Crippen molar-refractivity contribution in [3.63, 3.8) is 0 Å². The van der Waals surface area contributed by atoms with Crippen LogP contribution in [0.15, 0.2) is 170 Å². The highest BCUT2D eigenvalue weighted by molar-refractivity contribution is 7.85. The number of carboxylic acids is 6. The van der Waals surface area contributed by atoms with Gasteiger partial charge in [0.05, 0.1) is 12.8 Å². The lowest BCUT2D eigenvalue weighted by molar-refractivity contribution is -0.147. The van der Waals surface area contributed by atoms with Gasteiger partial charge in [0.1, 0.15) is 100 Å². The third-order valence-electron chi connectivity index (χ3n) is 16.3. The number of nitrogen functional groups attached to an aromatic ring is 4. The van der Waals surface area contributed by atoms with Gasteiger partial charge in [-0.05, 0) is 152 Å². The van der Waals surface area contributed by atoms with Crippen molar-refractivity contribution < 1.29 is 147 Å². The number of aliphatic carboxylic acids is 6. The summed E-state index contributed by atoms with van der Waals surface area (Å²) in [7, 11) is -4.62. The maximum Gasteiger partial charge on any atom is 0.379 e. The van der Waals surface area contributed by atoms with E-state index in [4.69, 9.17) is 116 Å². The molecule has 4 amide bonds. The van der Waals surface area contributed by atoms with Crippen LogP contribution >= 0.6 is 0 Å². The number of amides is 4. The number of esters is 4. The quantitative estimate of drug-likeness (QED) is 0.00630. The summed E-state index contributed by atoms with van der Waals surface area (Å²) < 4.78 is 72.9. The summed E-state index contributed by atoms with van der Waals surface area (Å²) in [5.74, 6) is -14.0. The van der Waals surface area contributed by atoms with Crippen LogP contribution in [0.1, 0.15) is 132 Å². The number of hydrogen-bond donors (Lipinski definition) is 17. The summed E-state index contributed by atoms with van der Waals surface area (Å²) in [4.78, 5) is 165. The summed E-state index contributed by atoms with van der Waals surface area (Å²) in [6.45, 7) is 5.52. The van der Waals surface area contributed by atoms with Gasteiger partial charge < -0.3 is 111 Å². The Balaban J connectivity index is 0.000000292. The van der Waals surface area contributed by atoms with Crippen LogP contribution in [0.5, 0.6) is 23.0 Å². The van der Waals surface area contributed by atoms with Crippen LogP contribution in [0, 0.1) is 34.5 Å². The van der Waals surface area contributed by atoms with Crippen molar-refractivity contribution in [3.8, 4) is 23.0 Å². The smallest absolute Gasteiger partial charge is 0.379 e. The predicted molar refractivity (Wildman–Crippen MR) is 426 cm³/mol. The van der Waals surface area contributed by atoms with Gasteiger partial charge in [-0.3, -0.25) is 64.5 Å². The molecule has 0 spiro atoms. The molecule has 0 radical (unpaired) electrons. The van der Waals surface area contributed by atoms with Crippen LogP contribution in [-0.2, 0) is 83.7 Å². The minimum absolute atomic E-state index is 0.0232. The number of nitrogens with two attached hydrogens (primary N) is 4. The topological polar surface area (TPSA) is 734 Å². The maximum atomic E-state index is 12.3. The van der Waals surface area contributed by atoms with Gasteiger partial charge in [-0.15, -0.1) is 6.58 Å². The van der Waals surface area contributed by atoms with Crippen molar-refractivity contribution in [1.29, 1.82) is 21.6 Å². The number of benzene rings is 4. The fraction of sp³-hybridized carbons (Fsp3) is 0.241. The van der Waals surface area contributed by atoms with Crippen molar-refractivity contribution in [2.75, 3.05) is 31.9 Å². The van der Waals surface area contributed by atoms with Gasteiger partial charge in [0, 0.05) is 86.2 Å². The number of hydrogen-bond acceptors (Lipinski definition) is 28. The van der Waals surface area contributed by atoms with E-state index in [1.54, 1.807) is 37.3 Å². The monoisotopic (exact) mass is 1730 g/mol. The second-order valence-corrected chi connectivity index (χ2v) is 27.4. The number of nitrogens with one attached hydrogen (secondary N) is 6. The van der Waals surface area contributed by atoms with Crippen LogP contribution in [-0.4, -0.2) is 204 Å². The first-order valence-corrected chi connectivity index (χ1v) is 37.5. The van der Waals surface area contributed by atoms with Gasteiger partial charge in [0.15, 0.2) is 0 Å². The van der Waals surface area contributed by atoms with Crippen LogP contribution in [0.2, 0.25) is 0 Å². The molecule has 44 heteroatoms. The third kappa shape index (κ3) is 34.3. The third-order valence-corrected chi connectivity index (χ3v) is 17.1. The molecule has 1 unspecified atom stereocenters. The molecule has 4 aromatic heterocycles. The van der Waals surface area contributed by atoms with E-state index in [-0.39, 0.29) is 151 Å². The zero-order valence-corrected chi connectivity index (χ0v) is 66.1. The van der Waals surface area contributed by atoms with Gasteiger partial charge in [-0.1, -0.05) is 13.0 Å². The minimum Gasteiger partial charge on any atom is -0.481 e. The minimum atomic E-state index is -4.62. The molecule has 8 rings (SSSR count). The summed E-state index contributed by atoms with van der Waals surface area (Å²) in [6.07, 6.45) is 0.386. The average molecular weight is 1730 g/mol. The lowest BCUT2D eigenvalue weighted by Crippen LogP contribution is -2.47. The van der Waals surface area contributed by atoms with E-state index in [9.17, 15) is 75.5 Å². The van der Waals surface area contributed by atoms with Crippen molar-refractivity contribution in [3.05, 3.63) is 226 Å². The van der Waals surface area contributed by atoms with Crippen LogP contribution in [0.3, 0.4) is 0 Å². The number of aryl methyl sites for hydroxylation is 4. The van der Waals surface area contributed by atoms with E-state index in [2.05, 4.69) is 11.9 Å². The van der Waals surface area contributed by atoms with Crippen molar-refractivity contribution in [2.24, 2.45) is 28.9 Å². The number of amidine groups is 4. The summed E-state index contributed by atoms with van der Waals surface area (Å²) in [5.41, 5.74) is 24.0. The van der Waals surface area contributed by atoms with Gasteiger partial charge in [0.2, 0.25) is 46.7 Å². The van der Waals surface area contributed by atoms with E-state index in [0.717, 1.165) is 9.80 Å². The molecule has 21 N–H and O–H groups in total. The van der Waals surface area contributed by atoms with Gasteiger partial charge in [-0.2, -0.15) is 8.42 Å². The Morgan fingerprint density at radius 1 is 0.463 bits per heavy atom. The molecule has 123 heavy (non-hydrogen) atoms. The molecule has 0 aliphatic carbocycles. The van der Waals surface area contributed by atoms with Crippen molar-refractivity contribution >= 4 is 117 Å². The van der Waals surface area contributed by atoms with Gasteiger partial charge >= 0.3 is 59.7 Å². The molecule has 3 atom stereocenters. The molecule has 0 aliphatic rings. The van der Waals surface area contributed by atoms with E-state index >= 15 is 0 Å². The first-order valence-electron chi connectivity index (χ1n) is 35.9. The Labute approximate surface area is 696 Å². The molecular formula is C79H84N12O31S. The molecule has 43 nitrogen and oxygen atoms in total. The Bertz CT molecular complexity index is 5360. The van der Waals surface area contributed by atoms with Crippen molar-refractivity contribution in [2.45, 2.75) is 83.7 Å². The highest BCUT2D eigenvalue weighted by atomic mass is 32.2. The van der Waals surface area contributed by atoms with E-state index in [1.807, 2.05) is 5.32 Å². The first-order chi connectivity index (χ1) is 57.9. The number of furan rings is 4. The highest BCUT2D eigenvalue weighted by Crippen LogP contribution is 2.24. The maximum absolute atomic E-state index is 12.3. The largest absolute Gasteiger partial charge is 0.481 e. The Morgan fingerprint density at radius 2 is 0.829 bits per heavy atom. The van der Waals surface area contributed by atoms with Crippen LogP contribution < -0.4 is 52.5 Å². The predicted octanol–water partition coefficient (Wildman–Crippen LogP) is 4.40.